The maximum Gasteiger partial charge on any atom is 0.276 e. The van der Waals surface area contributed by atoms with Crippen LogP contribution in [0.25, 0.3) is 0 Å². The van der Waals surface area contributed by atoms with Crippen LogP contribution < -0.4 is 25.6 Å². The van der Waals surface area contributed by atoms with Crippen LogP contribution >= 0.6 is 12.2 Å². The first-order valence-electron chi connectivity index (χ1n) is 8.55. The summed E-state index contributed by atoms with van der Waals surface area (Å²) in [6.07, 6.45) is 0. The Bertz CT molecular complexity index is 784. The number of amides is 1. The Morgan fingerprint density at radius 1 is 1.04 bits per heavy atom. The number of methoxy groups -OCH3 is 1. The molecule has 0 radical (unpaired) electrons. The Morgan fingerprint density at radius 3 is 2.26 bits per heavy atom. The van der Waals surface area contributed by atoms with E-state index < -0.39 is 0 Å². The first-order valence-corrected chi connectivity index (χ1v) is 8.96. The second kappa shape index (κ2) is 9.78. The molecule has 0 fully saturated rings. The minimum atomic E-state index is -0.317. The van der Waals surface area contributed by atoms with Crippen molar-refractivity contribution in [3.05, 3.63) is 58.7 Å². The van der Waals surface area contributed by atoms with Crippen LogP contribution in [0.5, 0.6) is 11.5 Å². The predicted molar refractivity (Wildman–Crippen MR) is 110 cm³/mol. The molecule has 0 saturated carbocycles. The van der Waals surface area contributed by atoms with Crippen LogP contribution in [0.2, 0.25) is 0 Å². The normalized spacial score (nSPS) is 10.1. The third-order valence-electron chi connectivity index (χ3n) is 3.88. The highest BCUT2D eigenvalue weighted by atomic mass is 32.1. The summed E-state index contributed by atoms with van der Waals surface area (Å²) in [5, 5.41) is 3.34. The van der Waals surface area contributed by atoms with Gasteiger partial charge in [0.2, 0.25) is 0 Å². The van der Waals surface area contributed by atoms with Crippen LogP contribution in [-0.4, -0.2) is 24.7 Å². The fourth-order valence-corrected chi connectivity index (χ4v) is 2.79. The van der Waals surface area contributed by atoms with Crippen molar-refractivity contribution < 1.29 is 14.3 Å². The van der Waals surface area contributed by atoms with Gasteiger partial charge in [-0.05, 0) is 61.8 Å². The van der Waals surface area contributed by atoms with E-state index in [9.17, 15) is 4.79 Å². The zero-order valence-corrected chi connectivity index (χ0v) is 16.8. The Labute approximate surface area is 165 Å². The number of carbonyl (C=O) groups excluding carboxylic acids is 1. The second-order valence-corrected chi connectivity index (χ2v) is 6.63. The zero-order chi connectivity index (χ0) is 19.8. The van der Waals surface area contributed by atoms with Crippen molar-refractivity contribution in [2.45, 2.75) is 27.3 Å². The van der Waals surface area contributed by atoms with Gasteiger partial charge in [-0.2, -0.15) is 0 Å². The maximum atomic E-state index is 12.0. The Morgan fingerprint density at radius 2 is 1.67 bits per heavy atom. The summed E-state index contributed by atoms with van der Waals surface area (Å²) >= 11 is 5.15. The first kappa shape index (κ1) is 20.5. The molecule has 27 heavy (non-hydrogen) atoms. The van der Waals surface area contributed by atoms with Crippen molar-refractivity contribution in [1.82, 2.24) is 16.2 Å². The molecule has 0 saturated heterocycles. The SMILES string of the molecule is COc1ccc(CNC(=S)NNC(=O)COc2c(C)cc(C)cc2C)cc1. The van der Waals surface area contributed by atoms with Gasteiger partial charge in [-0.3, -0.25) is 15.6 Å². The van der Waals surface area contributed by atoms with Crippen molar-refractivity contribution in [3.63, 3.8) is 0 Å². The summed E-state index contributed by atoms with van der Waals surface area (Å²) < 4.78 is 10.8. The number of hydrazine groups is 1. The van der Waals surface area contributed by atoms with Gasteiger partial charge >= 0.3 is 0 Å². The number of hydrogen-bond acceptors (Lipinski definition) is 4. The molecule has 0 aromatic heterocycles. The van der Waals surface area contributed by atoms with E-state index in [0.29, 0.717) is 11.7 Å². The lowest BCUT2D eigenvalue weighted by atomic mass is 10.1. The van der Waals surface area contributed by atoms with E-state index in [-0.39, 0.29) is 12.5 Å². The monoisotopic (exact) mass is 387 g/mol. The van der Waals surface area contributed by atoms with Crippen LogP contribution in [0.4, 0.5) is 0 Å². The van der Waals surface area contributed by atoms with E-state index in [2.05, 4.69) is 16.2 Å². The van der Waals surface area contributed by atoms with E-state index >= 15 is 0 Å². The molecule has 2 rings (SSSR count). The Kier molecular flexibility index (Phi) is 7.43. The molecule has 1 amide bonds. The highest BCUT2D eigenvalue weighted by Crippen LogP contribution is 2.24. The number of benzene rings is 2. The first-order chi connectivity index (χ1) is 12.9. The van der Waals surface area contributed by atoms with E-state index in [1.165, 1.54) is 0 Å². The largest absolute Gasteiger partial charge is 0.497 e. The number of aryl methyl sites for hydroxylation is 3. The number of ether oxygens (including phenoxy) is 2. The summed E-state index contributed by atoms with van der Waals surface area (Å²) in [6, 6.07) is 11.7. The lowest BCUT2D eigenvalue weighted by Crippen LogP contribution is -2.48. The van der Waals surface area contributed by atoms with E-state index in [0.717, 1.165) is 33.8 Å². The molecular weight excluding hydrogens is 362 g/mol. The van der Waals surface area contributed by atoms with Crippen molar-refractivity contribution in [1.29, 1.82) is 0 Å². The molecule has 0 aliphatic heterocycles. The van der Waals surface area contributed by atoms with Gasteiger partial charge in [-0.15, -0.1) is 0 Å². The third-order valence-corrected chi connectivity index (χ3v) is 4.13. The number of thiocarbonyl (C=S) groups is 1. The van der Waals surface area contributed by atoms with Crippen molar-refractivity contribution in [3.8, 4) is 11.5 Å². The topological polar surface area (TPSA) is 71.6 Å². The van der Waals surface area contributed by atoms with Gasteiger partial charge in [-0.25, -0.2) is 0 Å². The van der Waals surface area contributed by atoms with Crippen molar-refractivity contribution in [2.75, 3.05) is 13.7 Å². The van der Waals surface area contributed by atoms with E-state index in [1.807, 2.05) is 57.2 Å². The molecule has 0 aliphatic rings. The minimum Gasteiger partial charge on any atom is -0.497 e. The molecule has 3 N–H and O–H groups in total. The molecule has 0 atom stereocenters. The minimum absolute atomic E-state index is 0.0984. The van der Waals surface area contributed by atoms with Crippen molar-refractivity contribution in [2.24, 2.45) is 0 Å². The molecule has 0 aliphatic carbocycles. The highest BCUT2D eigenvalue weighted by molar-refractivity contribution is 7.80. The van der Waals surface area contributed by atoms with Crippen LogP contribution in [-0.2, 0) is 11.3 Å². The van der Waals surface area contributed by atoms with Gasteiger partial charge in [0.15, 0.2) is 11.7 Å². The van der Waals surface area contributed by atoms with E-state index in [1.54, 1.807) is 7.11 Å². The van der Waals surface area contributed by atoms with Gasteiger partial charge in [0.25, 0.3) is 5.91 Å². The fourth-order valence-electron chi connectivity index (χ4n) is 2.66. The lowest BCUT2D eigenvalue weighted by molar-refractivity contribution is -0.123. The van der Waals surface area contributed by atoms with Crippen LogP contribution in [0.15, 0.2) is 36.4 Å². The summed E-state index contributed by atoms with van der Waals surface area (Å²) in [6.45, 7) is 6.39. The van der Waals surface area contributed by atoms with Gasteiger partial charge in [0.05, 0.1) is 7.11 Å². The van der Waals surface area contributed by atoms with Crippen LogP contribution in [0.3, 0.4) is 0 Å². The molecular formula is C20H25N3O3S. The Hall–Kier alpha value is -2.80. The fraction of sp³-hybridized carbons (Fsp3) is 0.300. The molecule has 2 aromatic carbocycles. The van der Waals surface area contributed by atoms with Gasteiger partial charge in [0.1, 0.15) is 11.5 Å². The molecule has 144 valence electrons. The molecule has 0 heterocycles. The number of nitrogens with one attached hydrogen (secondary N) is 3. The summed E-state index contributed by atoms with van der Waals surface area (Å²) in [5.74, 6) is 1.21. The van der Waals surface area contributed by atoms with Crippen LogP contribution in [0, 0.1) is 20.8 Å². The smallest absolute Gasteiger partial charge is 0.276 e. The lowest BCUT2D eigenvalue weighted by Gasteiger charge is -2.14. The number of hydrogen-bond donors (Lipinski definition) is 3. The van der Waals surface area contributed by atoms with Gasteiger partial charge in [-0.1, -0.05) is 29.8 Å². The van der Waals surface area contributed by atoms with Gasteiger partial charge in [0, 0.05) is 6.54 Å². The molecule has 2 aromatic rings. The third kappa shape index (κ3) is 6.45. The molecule has 0 bridgehead atoms. The van der Waals surface area contributed by atoms with E-state index in [4.69, 9.17) is 21.7 Å². The number of carbonyl (C=O) groups is 1. The predicted octanol–water partition coefficient (Wildman–Crippen LogP) is 2.69. The zero-order valence-electron chi connectivity index (χ0n) is 16.0. The summed E-state index contributed by atoms with van der Waals surface area (Å²) in [7, 11) is 1.63. The second-order valence-electron chi connectivity index (χ2n) is 6.22. The average molecular weight is 388 g/mol. The maximum absolute atomic E-state index is 12.0. The van der Waals surface area contributed by atoms with Gasteiger partial charge < -0.3 is 14.8 Å². The highest BCUT2D eigenvalue weighted by Gasteiger charge is 2.08. The number of rotatable bonds is 6. The molecule has 0 unspecified atom stereocenters. The molecule has 0 spiro atoms. The standard InChI is InChI=1S/C20H25N3O3S/c1-13-9-14(2)19(15(3)10-13)26-12-18(24)22-23-20(27)21-11-16-5-7-17(25-4)8-6-16/h5-10H,11-12H2,1-4H3,(H,22,24)(H2,21,23,27). The summed E-state index contributed by atoms with van der Waals surface area (Å²) in [5.41, 5.74) is 9.40. The molecule has 7 heteroatoms. The summed E-state index contributed by atoms with van der Waals surface area (Å²) in [4.78, 5) is 12.0. The van der Waals surface area contributed by atoms with Crippen LogP contribution in [0.1, 0.15) is 22.3 Å². The average Bonchev–Trinajstić information content (AvgIpc) is 2.64. The Balaban J connectivity index is 1.72. The molecule has 6 nitrogen and oxygen atoms in total. The quantitative estimate of drug-likeness (QED) is 0.523. The van der Waals surface area contributed by atoms with Crippen molar-refractivity contribution >= 4 is 23.2 Å².